The first-order valence-electron chi connectivity index (χ1n) is 5.28. The molecule has 0 aliphatic carbocycles. The number of anilines is 1. The molecule has 1 aromatic heterocycles. The van der Waals surface area contributed by atoms with E-state index in [-0.39, 0.29) is 0 Å². The fraction of sp³-hybridized carbons (Fsp3) is 0.636. The topological polar surface area (TPSA) is 32.3 Å². The van der Waals surface area contributed by atoms with Crippen molar-refractivity contribution in [2.24, 2.45) is 0 Å². The average molecular weight is 243 g/mol. The predicted octanol–water partition coefficient (Wildman–Crippen LogP) is 1.74. The van der Waals surface area contributed by atoms with Crippen LogP contribution >= 0.6 is 11.6 Å². The Bertz CT molecular complexity index is 365. The van der Waals surface area contributed by atoms with Crippen molar-refractivity contribution in [1.29, 1.82) is 0 Å². The van der Waals surface area contributed by atoms with Gasteiger partial charge in [-0.2, -0.15) is 0 Å². The van der Waals surface area contributed by atoms with Crippen molar-refractivity contribution in [2.75, 3.05) is 39.1 Å². The Morgan fingerprint density at radius 1 is 1.00 bits per heavy atom. The molecule has 5 heteroatoms. The van der Waals surface area contributed by atoms with Gasteiger partial charge in [-0.25, -0.2) is 0 Å². The van der Waals surface area contributed by atoms with Gasteiger partial charge in [-0.1, -0.05) is 11.6 Å². The Kier molecular flexibility index (Phi) is 4.50. The lowest BCUT2D eigenvalue weighted by atomic mass is 10.2. The minimum absolute atomic E-state index is 0.488. The van der Waals surface area contributed by atoms with E-state index in [1.807, 2.05) is 20.9 Å². The third-order valence-corrected chi connectivity index (χ3v) is 3.04. The molecular formula is C11H19ClN4. The van der Waals surface area contributed by atoms with Crippen LogP contribution < -0.4 is 4.90 Å². The molecule has 0 radical (unpaired) electrons. The summed E-state index contributed by atoms with van der Waals surface area (Å²) in [6.07, 6.45) is 0. The van der Waals surface area contributed by atoms with Gasteiger partial charge in [0, 0.05) is 20.1 Å². The summed E-state index contributed by atoms with van der Waals surface area (Å²) in [5.74, 6) is 0.906. The van der Waals surface area contributed by atoms with Crippen molar-refractivity contribution in [2.45, 2.75) is 13.8 Å². The highest BCUT2D eigenvalue weighted by Crippen LogP contribution is 2.22. The van der Waals surface area contributed by atoms with Crippen LogP contribution in [0.15, 0.2) is 0 Å². The predicted molar refractivity (Wildman–Crippen MR) is 68.3 cm³/mol. The smallest absolute Gasteiger partial charge is 0.155 e. The second kappa shape index (κ2) is 5.46. The first-order valence-corrected chi connectivity index (χ1v) is 5.66. The van der Waals surface area contributed by atoms with Gasteiger partial charge in [-0.3, -0.25) is 0 Å². The van der Waals surface area contributed by atoms with Crippen LogP contribution in [-0.4, -0.2) is 49.3 Å². The fourth-order valence-electron chi connectivity index (χ4n) is 1.38. The van der Waals surface area contributed by atoms with E-state index in [1.54, 1.807) is 0 Å². The Labute approximate surface area is 102 Å². The molecule has 0 bridgehead atoms. The molecule has 0 spiro atoms. The van der Waals surface area contributed by atoms with Crippen LogP contribution in [0.25, 0.3) is 0 Å². The quantitative estimate of drug-likeness (QED) is 0.805. The van der Waals surface area contributed by atoms with E-state index in [2.05, 4.69) is 34.1 Å². The molecule has 1 rings (SSSR count). The Morgan fingerprint density at radius 3 is 2.19 bits per heavy atom. The molecule has 0 saturated heterocycles. The van der Waals surface area contributed by atoms with Gasteiger partial charge < -0.3 is 9.80 Å². The van der Waals surface area contributed by atoms with E-state index >= 15 is 0 Å². The SMILES string of the molecule is Cc1c(Cl)nnc(N(C)CCN(C)C)c1C. The van der Waals surface area contributed by atoms with Gasteiger partial charge in [-0.05, 0) is 39.1 Å². The minimum Gasteiger partial charge on any atom is -0.357 e. The summed E-state index contributed by atoms with van der Waals surface area (Å²) in [5.41, 5.74) is 2.10. The first-order chi connectivity index (χ1) is 7.43. The van der Waals surface area contributed by atoms with Crippen LogP contribution in [0.2, 0.25) is 5.15 Å². The van der Waals surface area contributed by atoms with E-state index in [0.29, 0.717) is 5.15 Å². The van der Waals surface area contributed by atoms with Crippen LogP contribution in [-0.2, 0) is 0 Å². The van der Waals surface area contributed by atoms with Gasteiger partial charge in [0.2, 0.25) is 0 Å². The van der Waals surface area contributed by atoms with Crippen molar-refractivity contribution >= 4 is 17.4 Å². The highest BCUT2D eigenvalue weighted by atomic mass is 35.5. The Morgan fingerprint density at radius 2 is 1.62 bits per heavy atom. The van der Waals surface area contributed by atoms with Gasteiger partial charge in [0.1, 0.15) is 0 Å². The van der Waals surface area contributed by atoms with Crippen molar-refractivity contribution in [3.8, 4) is 0 Å². The molecule has 0 N–H and O–H groups in total. The molecule has 1 aromatic rings. The second-order valence-corrected chi connectivity index (χ2v) is 4.65. The molecule has 0 aliphatic rings. The van der Waals surface area contributed by atoms with E-state index in [9.17, 15) is 0 Å². The molecule has 90 valence electrons. The normalized spacial score (nSPS) is 10.9. The molecule has 16 heavy (non-hydrogen) atoms. The lowest BCUT2D eigenvalue weighted by Crippen LogP contribution is -2.29. The Balaban J connectivity index is 2.84. The molecule has 0 unspecified atom stereocenters. The van der Waals surface area contributed by atoms with Crippen molar-refractivity contribution in [3.05, 3.63) is 16.3 Å². The summed E-state index contributed by atoms with van der Waals surface area (Å²) in [6.45, 7) is 5.90. The number of hydrogen-bond acceptors (Lipinski definition) is 4. The lowest BCUT2D eigenvalue weighted by Gasteiger charge is -2.22. The maximum Gasteiger partial charge on any atom is 0.155 e. The molecule has 0 atom stereocenters. The summed E-state index contributed by atoms with van der Waals surface area (Å²) in [5, 5.41) is 8.58. The summed E-state index contributed by atoms with van der Waals surface area (Å²) in [7, 11) is 6.13. The standard InChI is InChI=1S/C11H19ClN4/c1-8-9(2)11(14-13-10(8)12)16(5)7-6-15(3)4/h6-7H2,1-5H3. The number of aromatic nitrogens is 2. The van der Waals surface area contributed by atoms with Crippen molar-refractivity contribution in [3.63, 3.8) is 0 Å². The molecule has 0 amide bonds. The summed E-state index contributed by atoms with van der Waals surface area (Å²) < 4.78 is 0. The third kappa shape index (κ3) is 3.06. The number of halogens is 1. The molecule has 1 heterocycles. The minimum atomic E-state index is 0.488. The largest absolute Gasteiger partial charge is 0.357 e. The molecule has 4 nitrogen and oxygen atoms in total. The highest BCUT2D eigenvalue weighted by molar-refractivity contribution is 6.30. The van der Waals surface area contributed by atoms with Gasteiger partial charge in [-0.15, -0.1) is 10.2 Å². The van der Waals surface area contributed by atoms with E-state index in [1.165, 1.54) is 0 Å². The van der Waals surface area contributed by atoms with Crippen LogP contribution in [0, 0.1) is 13.8 Å². The zero-order valence-corrected chi connectivity index (χ0v) is 11.3. The zero-order chi connectivity index (χ0) is 12.3. The maximum absolute atomic E-state index is 5.92. The summed E-state index contributed by atoms with van der Waals surface area (Å²) >= 11 is 5.92. The van der Waals surface area contributed by atoms with Gasteiger partial charge in [0.05, 0.1) is 0 Å². The fourth-order valence-corrected chi connectivity index (χ4v) is 1.56. The monoisotopic (exact) mass is 242 g/mol. The van der Waals surface area contributed by atoms with E-state index < -0.39 is 0 Å². The zero-order valence-electron chi connectivity index (χ0n) is 10.6. The summed E-state index contributed by atoms with van der Waals surface area (Å²) in [6, 6.07) is 0. The molecule has 0 aliphatic heterocycles. The van der Waals surface area contributed by atoms with Gasteiger partial charge in [0.15, 0.2) is 11.0 Å². The molecule has 0 fully saturated rings. The van der Waals surface area contributed by atoms with E-state index in [4.69, 9.17) is 11.6 Å². The number of hydrogen-bond donors (Lipinski definition) is 0. The average Bonchev–Trinajstić information content (AvgIpc) is 2.23. The second-order valence-electron chi connectivity index (χ2n) is 4.29. The molecular weight excluding hydrogens is 224 g/mol. The van der Waals surface area contributed by atoms with Gasteiger partial charge >= 0.3 is 0 Å². The van der Waals surface area contributed by atoms with Gasteiger partial charge in [0.25, 0.3) is 0 Å². The molecule has 0 aromatic carbocycles. The molecule has 0 saturated carbocycles. The lowest BCUT2D eigenvalue weighted by molar-refractivity contribution is 0.416. The van der Waals surface area contributed by atoms with Crippen LogP contribution in [0.1, 0.15) is 11.1 Å². The van der Waals surface area contributed by atoms with Crippen molar-refractivity contribution < 1.29 is 0 Å². The third-order valence-electron chi connectivity index (χ3n) is 2.68. The number of likely N-dealkylation sites (N-methyl/N-ethyl adjacent to an activating group) is 2. The Hall–Kier alpha value is -0.870. The first kappa shape index (κ1) is 13.2. The van der Waals surface area contributed by atoms with Crippen LogP contribution in [0.5, 0.6) is 0 Å². The highest BCUT2D eigenvalue weighted by Gasteiger charge is 2.11. The maximum atomic E-state index is 5.92. The van der Waals surface area contributed by atoms with E-state index in [0.717, 1.165) is 30.0 Å². The van der Waals surface area contributed by atoms with Crippen LogP contribution in [0.3, 0.4) is 0 Å². The van der Waals surface area contributed by atoms with Crippen molar-refractivity contribution in [1.82, 2.24) is 15.1 Å². The summed E-state index contributed by atoms with van der Waals surface area (Å²) in [4.78, 5) is 4.24. The number of nitrogens with zero attached hydrogens (tertiary/aromatic N) is 4. The van der Waals surface area contributed by atoms with Crippen LogP contribution in [0.4, 0.5) is 5.82 Å². The number of rotatable bonds is 4.